The topological polar surface area (TPSA) is 98.1 Å². The van der Waals surface area contributed by atoms with Gasteiger partial charge >= 0.3 is 6.09 Å². The summed E-state index contributed by atoms with van der Waals surface area (Å²) in [5.74, 6) is 0. The van der Waals surface area contributed by atoms with Gasteiger partial charge in [0.15, 0.2) is 0 Å². The van der Waals surface area contributed by atoms with Crippen LogP contribution >= 0.6 is 0 Å². The molecule has 1 aromatic carbocycles. The van der Waals surface area contributed by atoms with Crippen LogP contribution in [0.4, 0.5) is 4.79 Å². The Bertz CT molecular complexity index is 458. The van der Waals surface area contributed by atoms with Crippen LogP contribution in [0, 0.1) is 0 Å². The van der Waals surface area contributed by atoms with Crippen molar-refractivity contribution in [3.8, 4) is 0 Å². The highest BCUT2D eigenvalue weighted by atomic mass is 16.4. The van der Waals surface area contributed by atoms with E-state index in [1.807, 2.05) is 37.3 Å². The maximum Gasteiger partial charge on any atom is 0.404 e. The normalized spacial score (nSPS) is 13.1. The van der Waals surface area contributed by atoms with Crippen molar-refractivity contribution in [1.82, 2.24) is 5.32 Å². The van der Waals surface area contributed by atoms with E-state index in [9.17, 15) is 4.79 Å². The van der Waals surface area contributed by atoms with Gasteiger partial charge < -0.3 is 10.4 Å². The molecule has 2 unspecified atom stereocenters. The molecule has 0 aliphatic rings. The molecule has 0 aromatic heterocycles. The van der Waals surface area contributed by atoms with Gasteiger partial charge in [0.25, 0.3) is 0 Å². The van der Waals surface area contributed by atoms with Crippen molar-refractivity contribution in [2.45, 2.75) is 44.7 Å². The van der Waals surface area contributed by atoms with Gasteiger partial charge in [-0.05, 0) is 23.9 Å². The molecule has 1 rings (SSSR count). The van der Waals surface area contributed by atoms with E-state index in [1.54, 1.807) is 0 Å². The summed E-state index contributed by atoms with van der Waals surface area (Å²) < 4.78 is 0. The summed E-state index contributed by atoms with van der Waals surface area (Å²) in [6, 6.07) is 8.82. The number of nitrogens with one attached hydrogen (secondary N) is 1. The zero-order valence-corrected chi connectivity index (χ0v) is 11.6. The lowest BCUT2D eigenvalue weighted by Gasteiger charge is -2.23. The molecule has 0 saturated heterocycles. The summed E-state index contributed by atoms with van der Waals surface area (Å²) in [4.78, 5) is 13.8. The molecule has 1 amide bonds. The van der Waals surface area contributed by atoms with Gasteiger partial charge in [-0.25, -0.2) is 4.79 Å². The van der Waals surface area contributed by atoms with E-state index in [4.69, 9.17) is 10.6 Å². The van der Waals surface area contributed by atoms with Crippen LogP contribution in [0.3, 0.4) is 0 Å². The molecule has 0 fully saturated rings. The number of azide groups is 1. The highest BCUT2D eigenvalue weighted by molar-refractivity contribution is 5.65. The van der Waals surface area contributed by atoms with Crippen molar-refractivity contribution >= 4 is 6.09 Å². The Kier molecular flexibility index (Phi) is 7.00. The Hall–Kier alpha value is -2.20. The fourth-order valence-corrected chi connectivity index (χ4v) is 2.13. The van der Waals surface area contributed by atoms with Crippen LogP contribution in [0.5, 0.6) is 0 Å². The zero-order valence-electron chi connectivity index (χ0n) is 11.6. The van der Waals surface area contributed by atoms with Gasteiger partial charge in [-0.15, -0.1) is 0 Å². The van der Waals surface area contributed by atoms with Crippen LogP contribution in [0.1, 0.15) is 31.7 Å². The molecule has 0 aliphatic carbocycles. The van der Waals surface area contributed by atoms with Crippen molar-refractivity contribution in [3.63, 3.8) is 0 Å². The first-order valence-electron chi connectivity index (χ1n) is 6.75. The average Bonchev–Trinajstić information content (AvgIpc) is 2.43. The highest BCUT2D eigenvalue weighted by Gasteiger charge is 2.22. The maximum absolute atomic E-state index is 10.9. The van der Waals surface area contributed by atoms with Gasteiger partial charge in [0.1, 0.15) is 0 Å². The number of carbonyl (C=O) groups is 1. The molecule has 2 N–H and O–H groups in total. The van der Waals surface area contributed by atoms with E-state index < -0.39 is 12.1 Å². The Balaban J connectivity index is 2.84. The molecule has 20 heavy (non-hydrogen) atoms. The number of amides is 1. The quantitative estimate of drug-likeness (QED) is 0.429. The van der Waals surface area contributed by atoms with E-state index in [2.05, 4.69) is 15.3 Å². The standard InChI is InChI=1S/C14H20N4O2/c1-2-3-9-12(17-18-15)13(16-14(19)20)10-11-7-5-4-6-8-11/h4-8,12-13,16H,2-3,9-10H2,1H3,(H,19,20). The van der Waals surface area contributed by atoms with Crippen molar-refractivity contribution in [2.75, 3.05) is 0 Å². The van der Waals surface area contributed by atoms with E-state index in [0.29, 0.717) is 12.8 Å². The highest BCUT2D eigenvalue weighted by Crippen LogP contribution is 2.14. The Morgan fingerprint density at radius 2 is 2.15 bits per heavy atom. The summed E-state index contributed by atoms with van der Waals surface area (Å²) in [7, 11) is 0. The lowest BCUT2D eigenvalue weighted by atomic mass is 9.96. The summed E-state index contributed by atoms with van der Waals surface area (Å²) >= 11 is 0. The van der Waals surface area contributed by atoms with Gasteiger partial charge in [-0.3, -0.25) is 0 Å². The fourth-order valence-electron chi connectivity index (χ4n) is 2.13. The minimum absolute atomic E-state index is 0.365. The molecule has 0 aliphatic heterocycles. The zero-order chi connectivity index (χ0) is 14.8. The molecule has 108 valence electrons. The number of nitrogens with zero attached hydrogens (tertiary/aromatic N) is 3. The van der Waals surface area contributed by atoms with Crippen molar-refractivity contribution in [3.05, 3.63) is 46.3 Å². The maximum atomic E-state index is 10.9. The Labute approximate surface area is 118 Å². The van der Waals surface area contributed by atoms with Crippen LogP contribution in [-0.4, -0.2) is 23.3 Å². The van der Waals surface area contributed by atoms with Crippen molar-refractivity contribution in [2.24, 2.45) is 5.11 Å². The van der Waals surface area contributed by atoms with Crippen LogP contribution in [0.25, 0.3) is 10.4 Å². The number of hydrogen-bond donors (Lipinski definition) is 2. The molecule has 0 bridgehead atoms. The predicted molar refractivity (Wildman–Crippen MR) is 77.6 cm³/mol. The minimum Gasteiger partial charge on any atom is -0.465 e. The molecule has 0 heterocycles. The third-order valence-electron chi connectivity index (χ3n) is 3.13. The third-order valence-corrected chi connectivity index (χ3v) is 3.13. The molecule has 1 aromatic rings. The molecular formula is C14H20N4O2. The van der Waals surface area contributed by atoms with Gasteiger partial charge in [-0.2, -0.15) is 0 Å². The summed E-state index contributed by atoms with van der Waals surface area (Å²) in [5.41, 5.74) is 9.68. The SMILES string of the molecule is CCCCC(N=[N+]=[N-])C(Cc1ccccc1)NC(=O)O. The average molecular weight is 276 g/mol. The number of rotatable bonds is 8. The molecule has 6 nitrogen and oxygen atoms in total. The first-order chi connectivity index (χ1) is 9.67. The predicted octanol–water partition coefficient (Wildman–Crippen LogP) is 3.73. The first-order valence-corrected chi connectivity index (χ1v) is 6.75. The van der Waals surface area contributed by atoms with Crippen LogP contribution in [-0.2, 0) is 6.42 Å². The molecular weight excluding hydrogens is 256 g/mol. The summed E-state index contributed by atoms with van der Waals surface area (Å²) in [6.07, 6.45) is 1.97. The monoisotopic (exact) mass is 276 g/mol. The second-order valence-electron chi connectivity index (χ2n) is 4.66. The third kappa shape index (κ3) is 5.63. The fraction of sp³-hybridized carbons (Fsp3) is 0.500. The number of unbranched alkanes of at least 4 members (excludes halogenated alkanes) is 1. The van der Waals surface area contributed by atoms with Crippen molar-refractivity contribution < 1.29 is 9.90 Å². The smallest absolute Gasteiger partial charge is 0.404 e. The molecule has 6 heteroatoms. The molecule has 0 spiro atoms. The van der Waals surface area contributed by atoms with E-state index in [-0.39, 0.29) is 6.04 Å². The molecule has 0 saturated carbocycles. The minimum atomic E-state index is -1.10. The Morgan fingerprint density at radius 3 is 2.70 bits per heavy atom. The summed E-state index contributed by atoms with van der Waals surface area (Å²) in [5, 5.41) is 15.2. The van der Waals surface area contributed by atoms with Gasteiger partial charge in [0.05, 0.1) is 6.04 Å². The van der Waals surface area contributed by atoms with Gasteiger partial charge in [0, 0.05) is 11.0 Å². The van der Waals surface area contributed by atoms with Crippen LogP contribution < -0.4 is 5.32 Å². The van der Waals surface area contributed by atoms with Crippen LogP contribution in [0.2, 0.25) is 0 Å². The molecule has 2 atom stereocenters. The van der Waals surface area contributed by atoms with E-state index in [1.165, 1.54) is 0 Å². The van der Waals surface area contributed by atoms with E-state index in [0.717, 1.165) is 18.4 Å². The second-order valence-corrected chi connectivity index (χ2v) is 4.66. The van der Waals surface area contributed by atoms with Crippen LogP contribution in [0.15, 0.2) is 35.4 Å². The number of carboxylic acid groups (broad SMARTS) is 1. The van der Waals surface area contributed by atoms with Crippen molar-refractivity contribution in [1.29, 1.82) is 0 Å². The number of hydrogen-bond acceptors (Lipinski definition) is 2. The first kappa shape index (κ1) is 15.9. The second kappa shape index (κ2) is 8.82. The molecule has 0 radical (unpaired) electrons. The number of benzene rings is 1. The Morgan fingerprint density at radius 1 is 1.45 bits per heavy atom. The van der Waals surface area contributed by atoms with Gasteiger partial charge in [-0.1, -0.05) is 55.2 Å². The summed E-state index contributed by atoms with van der Waals surface area (Å²) in [6.45, 7) is 2.05. The largest absolute Gasteiger partial charge is 0.465 e. The van der Waals surface area contributed by atoms with E-state index >= 15 is 0 Å². The lowest BCUT2D eigenvalue weighted by Crippen LogP contribution is -2.43. The van der Waals surface area contributed by atoms with Gasteiger partial charge in [0.2, 0.25) is 0 Å². The lowest BCUT2D eigenvalue weighted by molar-refractivity contribution is 0.187.